The molecule has 1 saturated heterocycles. The van der Waals surface area contributed by atoms with Crippen molar-refractivity contribution in [2.24, 2.45) is 52.3 Å². The smallest absolute Gasteiger partial charge is 0.244 e. The summed E-state index contributed by atoms with van der Waals surface area (Å²) in [5.41, 5.74) is 0.193. The average molecular weight is 547 g/mol. The summed E-state index contributed by atoms with van der Waals surface area (Å²) >= 11 is 0. The monoisotopic (exact) mass is 546 g/mol. The van der Waals surface area contributed by atoms with Gasteiger partial charge >= 0.3 is 20.8 Å². The van der Waals surface area contributed by atoms with Gasteiger partial charge in [0, 0.05) is 0 Å². The number of hydrogen-bond acceptors (Lipinski definition) is 7. The summed E-state index contributed by atoms with van der Waals surface area (Å²) in [5, 5.41) is 0. The normalized spacial score (nSPS) is 48.2. The van der Waals surface area contributed by atoms with Crippen LogP contribution in [0.25, 0.3) is 0 Å². The predicted molar refractivity (Wildman–Crippen MR) is 137 cm³/mol. The van der Waals surface area contributed by atoms with Crippen LogP contribution in [0, 0.1) is 52.3 Å². The lowest BCUT2D eigenvalue weighted by Crippen LogP contribution is -2.59. The zero-order valence-electron chi connectivity index (χ0n) is 22.6. The van der Waals surface area contributed by atoms with Gasteiger partial charge in [-0.1, -0.05) is 53.9 Å². The van der Waals surface area contributed by atoms with E-state index in [-0.39, 0.29) is 16.7 Å². The Kier molecular flexibility index (Phi) is 7.19. The van der Waals surface area contributed by atoms with Gasteiger partial charge in [0.1, 0.15) is 0 Å². The number of rotatable bonds is 5. The van der Waals surface area contributed by atoms with E-state index in [4.69, 9.17) is 8.37 Å². The van der Waals surface area contributed by atoms with Gasteiger partial charge in [0.05, 0.1) is 12.2 Å². The molecule has 0 N–H and O–H groups in total. The predicted octanol–water partition coefficient (Wildman–Crippen LogP) is 6.01. The first kappa shape index (κ1) is 27.4. The quantitative estimate of drug-likeness (QED) is 0.417. The van der Waals surface area contributed by atoms with E-state index in [1.54, 1.807) is 0 Å². The highest BCUT2D eigenvalue weighted by atomic mass is 32.3. The molecule has 5 fully saturated rings. The molecule has 208 valence electrons. The summed E-state index contributed by atoms with van der Waals surface area (Å²) in [4.78, 5) is 0. The molecule has 3 unspecified atom stereocenters. The highest BCUT2D eigenvalue weighted by Gasteiger charge is 2.64. The number of fused-ring (bicyclic) bond motifs is 5. The zero-order chi connectivity index (χ0) is 26.1. The van der Waals surface area contributed by atoms with Crippen molar-refractivity contribution in [3.63, 3.8) is 0 Å². The van der Waals surface area contributed by atoms with Gasteiger partial charge in [-0.15, -0.1) is 3.63 Å². The second-order valence-corrected chi connectivity index (χ2v) is 16.3. The Hall–Kier alpha value is -0.220. The maximum Gasteiger partial charge on any atom is 0.416 e. The van der Waals surface area contributed by atoms with Crippen LogP contribution in [0.4, 0.5) is 0 Å². The van der Waals surface area contributed by atoms with Crippen LogP contribution in [0.5, 0.6) is 0 Å². The van der Waals surface area contributed by atoms with Gasteiger partial charge in [-0.3, -0.25) is 0 Å². The van der Waals surface area contributed by atoms with Crippen LogP contribution in [-0.4, -0.2) is 29.0 Å². The molecule has 0 aromatic rings. The minimum Gasteiger partial charge on any atom is -0.244 e. The third-order valence-corrected chi connectivity index (χ3v) is 13.8. The molecule has 1 heterocycles. The van der Waals surface area contributed by atoms with Crippen molar-refractivity contribution in [2.45, 2.75) is 117 Å². The molecule has 7 nitrogen and oxygen atoms in total. The van der Waals surface area contributed by atoms with Crippen molar-refractivity contribution >= 4 is 20.8 Å². The van der Waals surface area contributed by atoms with Crippen LogP contribution < -0.4 is 0 Å². The Balaban J connectivity index is 1.42. The molecular weight excluding hydrogens is 500 g/mol. The van der Waals surface area contributed by atoms with Gasteiger partial charge in [0.15, 0.2) is 0 Å². The maximum atomic E-state index is 12.6. The van der Waals surface area contributed by atoms with Gasteiger partial charge in [0.25, 0.3) is 0 Å². The van der Waals surface area contributed by atoms with E-state index in [0.29, 0.717) is 48.9 Å². The molecule has 0 amide bonds. The SMILES string of the molecule is CC(C)CCC[C@@H](C)[C@H]1CC[C@H]2[C@@H]3CC4OS(=O)(=O)OS(=O)(=O)OC5CC[C@@](C)(C4C5)[C@H]3CC[C@]12C. The molecule has 0 aromatic carbocycles. The highest BCUT2D eigenvalue weighted by molar-refractivity contribution is 7.95. The van der Waals surface area contributed by atoms with Crippen molar-refractivity contribution < 1.29 is 28.8 Å². The van der Waals surface area contributed by atoms with E-state index in [9.17, 15) is 16.8 Å². The van der Waals surface area contributed by atoms with Crippen molar-refractivity contribution in [1.82, 2.24) is 0 Å². The maximum absolute atomic E-state index is 12.6. The van der Waals surface area contributed by atoms with E-state index in [1.807, 2.05) is 0 Å². The van der Waals surface area contributed by atoms with Gasteiger partial charge in [-0.25, -0.2) is 8.37 Å². The van der Waals surface area contributed by atoms with Gasteiger partial charge in [-0.05, 0) is 104 Å². The fourth-order valence-corrected chi connectivity index (χ4v) is 12.0. The Morgan fingerprint density at radius 3 is 2.17 bits per heavy atom. The topological polar surface area (TPSA) is 96.0 Å². The third kappa shape index (κ3) is 4.82. The van der Waals surface area contributed by atoms with Crippen molar-refractivity contribution in [3.8, 4) is 0 Å². The fourth-order valence-electron chi connectivity index (χ4n) is 9.90. The fraction of sp³-hybridized carbons (Fsp3) is 1.00. The second-order valence-electron chi connectivity index (χ2n) is 13.8. The summed E-state index contributed by atoms with van der Waals surface area (Å²) in [6.45, 7) is 11.9. The lowest BCUT2D eigenvalue weighted by molar-refractivity contribution is -0.162. The molecule has 5 aliphatic rings. The Bertz CT molecular complexity index is 1040. The molecule has 4 aliphatic carbocycles. The zero-order valence-corrected chi connectivity index (χ0v) is 24.3. The Morgan fingerprint density at radius 1 is 0.778 bits per heavy atom. The Morgan fingerprint density at radius 2 is 1.44 bits per heavy atom. The summed E-state index contributed by atoms with van der Waals surface area (Å²) in [6, 6.07) is 0. The number of hydrogen-bond donors (Lipinski definition) is 0. The van der Waals surface area contributed by atoms with E-state index in [2.05, 4.69) is 38.2 Å². The van der Waals surface area contributed by atoms with Crippen LogP contribution >= 0.6 is 0 Å². The molecule has 5 rings (SSSR count). The van der Waals surface area contributed by atoms with E-state index in [1.165, 1.54) is 44.9 Å². The average Bonchev–Trinajstić information content (AvgIpc) is 3.11. The van der Waals surface area contributed by atoms with Gasteiger partial charge in [0.2, 0.25) is 0 Å². The van der Waals surface area contributed by atoms with Crippen LogP contribution in [0.2, 0.25) is 0 Å². The highest BCUT2D eigenvalue weighted by Crippen LogP contribution is 2.69. The van der Waals surface area contributed by atoms with Crippen LogP contribution in [0.1, 0.15) is 105 Å². The van der Waals surface area contributed by atoms with Crippen LogP contribution in [0.3, 0.4) is 0 Å². The summed E-state index contributed by atoms with van der Waals surface area (Å²) < 4.78 is 64.9. The molecule has 0 radical (unpaired) electrons. The molecule has 0 spiro atoms. The molecule has 10 atom stereocenters. The van der Waals surface area contributed by atoms with E-state index < -0.39 is 33.0 Å². The van der Waals surface area contributed by atoms with E-state index in [0.717, 1.165) is 12.3 Å². The molecule has 36 heavy (non-hydrogen) atoms. The van der Waals surface area contributed by atoms with Gasteiger partial charge < -0.3 is 0 Å². The minimum atomic E-state index is -4.72. The van der Waals surface area contributed by atoms with Crippen LogP contribution in [-0.2, 0) is 32.8 Å². The van der Waals surface area contributed by atoms with Gasteiger partial charge in [-0.2, -0.15) is 16.8 Å². The summed E-state index contributed by atoms with van der Waals surface area (Å²) in [6.07, 6.45) is 10.2. The largest absolute Gasteiger partial charge is 0.416 e. The summed E-state index contributed by atoms with van der Waals surface area (Å²) in [5.74, 6) is 3.58. The second kappa shape index (κ2) is 9.46. The first-order chi connectivity index (χ1) is 16.7. The minimum absolute atomic E-state index is 0.0549. The first-order valence-electron chi connectivity index (χ1n) is 14.3. The molecular formula is C27H46O7S2. The van der Waals surface area contributed by atoms with E-state index >= 15 is 0 Å². The van der Waals surface area contributed by atoms with Crippen molar-refractivity contribution in [3.05, 3.63) is 0 Å². The molecule has 9 heteroatoms. The molecule has 2 bridgehead atoms. The lowest BCUT2D eigenvalue weighted by atomic mass is 9.43. The first-order valence-corrected chi connectivity index (χ1v) is 17.0. The molecule has 4 saturated carbocycles. The third-order valence-electron chi connectivity index (χ3n) is 11.5. The lowest BCUT2D eigenvalue weighted by Gasteiger charge is -2.62. The van der Waals surface area contributed by atoms with Crippen molar-refractivity contribution in [1.29, 1.82) is 0 Å². The Labute approximate surface area is 219 Å². The standard InChI is InChI=1S/C27H46O7S2/c1-17(2)7-6-8-18(3)21-9-10-22-20-16-25-24-15-19(32-35(28,29)34-36(30,31)33-25)11-13-27(24,5)23(20)12-14-26(21,22)4/h17-25H,6-16H2,1-5H3/t18-,19?,20+,21-,22+,23+,24?,25?,26-,27-/m1/s1. The van der Waals surface area contributed by atoms with Crippen molar-refractivity contribution in [2.75, 3.05) is 0 Å². The molecule has 0 aromatic heterocycles. The summed E-state index contributed by atoms with van der Waals surface area (Å²) in [7, 11) is -9.39. The van der Waals surface area contributed by atoms with Crippen LogP contribution in [0.15, 0.2) is 0 Å². The molecule has 1 aliphatic heterocycles.